The number of ether oxygens (including phenoxy) is 1. The Morgan fingerprint density at radius 1 is 1.54 bits per heavy atom. The molecule has 1 aromatic rings. The summed E-state index contributed by atoms with van der Waals surface area (Å²) in [6.07, 6.45) is 0.705. The van der Waals surface area contributed by atoms with Crippen LogP contribution in [0.4, 0.5) is 0 Å². The number of rotatable bonds is 1. The van der Waals surface area contributed by atoms with Gasteiger partial charge >= 0.3 is 5.97 Å². The van der Waals surface area contributed by atoms with Crippen LogP contribution >= 0.6 is 0 Å². The Balaban J connectivity index is 2.40. The maximum atomic E-state index is 10.6. The van der Waals surface area contributed by atoms with Gasteiger partial charge in [-0.05, 0) is 11.6 Å². The summed E-state index contributed by atoms with van der Waals surface area (Å²) in [6.45, 7) is 1.17. The van der Waals surface area contributed by atoms with Crippen LogP contribution in [0.2, 0.25) is 0 Å². The average molecular weight is 179 g/mol. The fraction of sp³-hybridized carbons (Fsp3) is 0.333. The van der Waals surface area contributed by atoms with Crippen molar-refractivity contribution in [1.29, 1.82) is 0 Å². The highest BCUT2D eigenvalue weighted by atomic mass is 16.5. The van der Waals surface area contributed by atoms with Crippen molar-refractivity contribution in [2.24, 2.45) is 0 Å². The number of aromatic nitrogens is 1. The quantitative estimate of drug-likeness (QED) is 0.694. The molecule has 0 unspecified atom stereocenters. The van der Waals surface area contributed by atoms with Crippen molar-refractivity contribution < 1.29 is 14.6 Å². The number of carbonyl (C=O) groups is 1. The van der Waals surface area contributed by atoms with Gasteiger partial charge in [0.05, 0.1) is 13.2 Å². The summed E-state index contributed by atoms with van der Waals surface area (Å²) in [5, 5.41) is 8.69. The van der Waals surface area contributed by atoms with Gasteiger partial charge in [0.15, 0.2) is 0 Å². The van der Waals surface area contributed by atoms with Crippen LogP contribution < -0.4 is 0 Å². The minimum atomic E-state index is -0.978. The lowest BCUT2D eigenvalue weighted by molar-refractivity contribution is 0.0688. The summed E-state index contributed by atoms with van der Waals surface area (Å²) >= 11 is 0. The molecule has 2 heterocycles. The zero-order valence-corrected chi connectivity index (χ0v) is 6.99. The normalized spacial score (nSPS) is 15.1. The molecule has 0 bridgehead atoms. The summed E-state index contributed by atoms with van der Waals surface area (Å²) in [7, 11) is 0. The van der Waals surface area contributed by atoms with Crippen LogP contribution in [-0.4, -0.2) is 22.7 Å². The molecule has 0 spiro atoms. The summed E-state index contributed by atoms with van der Waals surface area (Å²) in [6, 6.07) is 3.28. The first-order chi connectivity index (χ1) is 6.27. The molecule has 0 aliphatic carbocycles. The van der Waals surface area contributed by atoms with Crippen LogP contribution in [-0.2, 0) is 17.8 Å². The maximum absolute atomic E-state index is 10.6. The molecular weight excluding hydrogens is 170 g/mol. The Kier molecular flexibility index (Phi) is 1.98. The number of nitrogens with zero attached hydrogens (tertiary/aromatic N) is 1. The van der Waals surface area contributed by atoms with E-state index in [-0.39, 0.29) is 5.69 Å². The van der Waals surface area contributed by atoms with Crippen molar-refractivity contribution in [1.82, 2.24) is 4.98 Å². The van der Waals surface area contributed by atoms with E-state index in [1.165, 1.54) is 6.07 Å². The van der Waals surface area contributed by atoms with Crippen molar-refractivity contribution in [3.63, 3.8) is 0 Å². The molecule has 0 saturated heterocycles. The van der Waals surface area contributed by atoms with Crippen LogP contribution in [0.15, 0.2) is 12.1 Å². The first-order valence-corrected chi connectivity index (χ1v) is 4.07. The molecule has 2 rings (SSSR count). The highest BCUT2D eigenvalue weighted by Gasteiger charge is 2.13. The first-order valence-electron chi connectivity index (χ1n) is 4.07. The molecule has 68 valence electrons. The summed E-state index contributed by atoms with van der Waals surface area (Å²) < 4.78 is 5.21. The van der Waals surface area contributed by atoms with Crippen molar-refractivity contribution in [2.75, 3.05) is 6.61 Å². The van der Waals surface area contributed by atoms with Gasteiger partial charge in [0, 0.05) is 12.1 Å². The fourth-order valence-corrected chi connectivity index (χ4v) is 1.35. The van der Waals surface area contributed by atoms with Gasteiger partial charge in [-0.15, -0.1) is 0 Å². The molecule has 0 radical (unpaired) electrons. The molecule has 0 saturated carbocycles. The van der Waals surface area contributed by atoms with E-state index in [4.69, 9.17) is 9.84 Å². The molecule has 0 atom stereocenters. The highest BCUT2D eigenvalue weighted by molar-refractivity contribution is 5.85. The second-order valence-corrected chi connectivity index (χ2v) is 2.91. The second kappa shape index (κ2) is 3.14. The lowest BCUT2D eigenvalue weighted by Gasteiger charge is -2.15. The smallest absolute Gasteiger partial charge is 0.354 e. The Morgan fingerprint density at radius 3 is 3.15 bits per heavy atom. The Bertz CT molecular complexity index is 349. The molecule has 1 N–H and O–H groups in total. The lowest BCUT2D eigenvalue weighted by Crippen LogP contribution is -2.14. The minimum absolute atomic E-state index is 0.112. The van der Waals surface area contributed by atoms with E-state index in [0.29, 0.717) is 19.6 Å². The summed E-state index contributed by atoms with van der Waals surface area (Å²) in [4.78, 5) is 14.6. The minimum Gasteiger partial charge on any atom is -0.477 e. The first kappa shape index (κ1) is 8.19. The molecular formula is C9H9NO3. The number of hydrogen-bond donors (Lipinski definition) is 1. The van der Waals surface area contributed by atoms with Crippen molar-refractivity contribution in [3.8, 4) is 0 Å². The van der Waals surface area contributed by atoms with E-state index in [9.17, 15) is 4.79 Å². The number of pyridine rings is 1. The van der Waals surface area contributed by atoms with Gasteiger partial charge in [0.25, 0.3) is 0 Å². The van der Waals surface area contributed by atoms with Gasteiger partial charge in [0.2, 0.25) is 0 Å². The third kappa shape index (κ3) is 1.53. The molecule has 4 heteroatoms. The molecule has 0 fully saturated rings. The Morgan fingerprint density at radius 2 is 2.38 bits per heavy atom. The second-order valence-electron chi connectivity index (χ2n) is 2.91. The number of aromatic carboxylic acids is 1. The van der Waals surface area contributed by atoms with Gasteiger partial charge in [-0.2, -0.15) is 0 Å². The lowest BCUT2D eigenvalue weighted by atomic mass is 10.1. The molecule has 1 aliphatic rings. The van der Waals surface area contributed by atoms with Crippen LogP contribution in [0.3, 0.4) is 0 Å². The van der Waals surface area contributed by atoms with E-state index in [0.717, 1.165) is 11.3 Å². The molecule has 4 nitrogen and oxygen atoms in total. The molecule has 13 heavy (non-hydrogen) atoms. The van der Waals surface area contributed by atoms with E-state index in [1.807, 2.05) is 0 Å². The van der Waals surface area contributed by atoms with E-state index in [1.54, 1.807) is 6.07 Å². The topological polar surface area (TPSA) is 59.4 Å². The Labute approximate surface area is 75.2 Å². The highest BCUT2D eigenvalue weighted by Crippen LogP contribution is 2.14. The standard InChI is InChI=1S/C9H9NO3/c11-9(12)8-2-1-6-5-13-4-3-7(6)10-8/h1-2H,3-5H2,(H,11,12). The number of hydrogen-bond acceptors (Lipinski definition) is 3. The van der Waals surface area contributed by atoms with E-state index in [2.05, 4.69) is 4.98 Å². The third-order valence-electron chi connectivity index (χ3n) is 2.03. The molecule has 1 aliphatic heterocycles. The number of carboxylic acids is 1. The third-order valence-corrected chi connectivity index (χ3v) is 2.03. The predicted octanol–water partition coefficient (Wildman–Crippen LogP) is 0.853. The predicted molar refractivity (Wildman–Crippen MR) is 44.6 cm³/mol. The molecule has 0 amide bonds. The van der Waals surface area contributed by atoms with Gasteiger partial charge in [0.1, 0.15) is 5.69 Å². The van der Waals surface area contributed by atoms with Gasteiger partial charge in [-0.25, -0.2) is 9.78 Å². The number of fused-ring (bicyclic) bond motifs is 1. The average Bonchev–Trinajstić information content (AvgIpc) is 2.17. The van der Waals surface area contributed by atoms with Gasteiger partial charge in [-0.3, -0.25) is 0 Å². The fourth-order valence-electron chi connectivity index (χ4n) is 1.35. The Hall–Kier alpha value is -1.42. The van der Waals surface area contributed by atoms with Crippen LogP contribution in [0.25, 0.3) is 0 Å². The zero-order valence-electron chi connectivity index (χ0n) is 6.99. The van der Waals surface area contributed by atoms with E-state index >= 15 is 0 Å². The van der Waals surface area contributed by atoms with E-state index < -0.39 is 5.97 Å². The zero-order chi connectivity index (χ0) is 9.26. The number of carboxylic acid groups (broad SMARTS) is 1. The monoisotopic (exact) mass is 179 g/mol. The largest absolute Gasteiger partial charge is 0.477 e. The summed E-state index contributed by atoms with van der Waals surface area (Å²) in [5.74, 6) is -0.978. The van der Waals surface area contributed by atoms with Crippen molar-refractivity contribution >= 4 is 5.97 Å². The van der Waals surface area contributed by atoms with Crippen LogP contribution in [0.5, 0.6) is 0 Å². The molecule has 0 aromatic carbocycles. The van der Waals surface area contributed by atoms with Crippen molar-refractivity contribution in [3.05, 3.63) is 29.1 Å². The van der Waals surface area contributed by atoms with Gasteiger partial charge in [-0.1, -0.05) is 6.07 Å². The molecule has 1 aromatic heterocycles. The van der Waals surface area contributed by atoms with Crippen LogP contribution in [0.1, 0.15) is 21.7 Å². The van der Waals surface area contributed by atoms with Crippen LogP contribution in [0, 0.1) is 0 Å². The van der Waals surface area contributed by atoms with Gasteiger partial charge < -0.3 is 9.84 Å². The maximum Gasteiger partial charge on any atom is 0.354 e. The van der Waals surface area contributed by atoms with Crippen molar-refractivity contribution in [2.45, 2.75) is 13.0 Å². The summed E-state index contributed by atoms with van der Waals surface area (Å²) in [5.41, 5.74) is 1.96. The SMILES string of the molecule is O=C(O)c1ccc2c(n1)CCOC2.